The van der Waals surface area contributed by atoms with Gasteiger partial charge in [0.1, 0.15) is 0 Å². The summed E-state index contributed by atoms with van der Waals surface area (Å²) in [7, 11) is 0. The number of para-hydroxylation sites is 2. The highest BCUT2D eigenvalue weighted by atomic mass is 15.0. The van der Waals surface area contributed by atoms with Crippen LogP contribution in [0.1, 0.15) is 0 Å². The Bertz CT molecular complexity index is 3270. The Morgan fingerprint density at radius 1 is 0.298 bits per heavy atom. The minimum atomic E-state index is 0.631. The van der Waals surface area contributed by atoms with E-state index in [0.29, 0.717) is 17.5 Å². The second-order valence-corrected chi connectivity index (χ2v) is 14.4. The van der Waals surface area contributed by atoms with E-state index in [-0.39, 0.29) is 0 Å². The van der Waals surface area contributed by atoms with Gasteiger partial charge in [0.05, 0.1) is 16.7 Å². The van der Waals surface area contributed by atoms with E-state index in [0.717, 1.165) is 39.1 Å². The van der Waals surface area contributed by atoms with Crippen LogP contribution in [0.25, 0.3) is 105 Å². The topological polar surface area (TPSA) is 43.6 Å². The molecule has 266 valence electrons. The molecule has 0 aliphatic carbocycles. The number of hydrogen-bond acceptors (Lipinski definition) is 3. The Kier molecular flexibility index (Phi) is 7.78. The first kappa shape index (κ1) is 32.7. The van der Waals surface area contributed by atoms with Gasteiger partial charge in [-0.15, -0.1) is 0 Å². The molecule has 2 heterocycles. The molecule has 0 saturated heterocycles. The van der Waals surface area contributed by atoms with Gasteiger partial charge in [-0.2, -0.15) is 0 Å². The van der Waals surface area contributed by atoms with Crippen molar-refractivity contribution in [3.05, 3.63) is 206 Å². The normalized spacial score (nSPS) is 11.5. The van der Waals surface area contributed by atoms with Gasteiger partial charge in [0.25, 0.3) is 0 Å². The molecule has 11 rings (SSSR count). The van der Waals surface area contributed by atoms with Crippen molar-refractivity contribution in [1.82, 2.24) is 19.5 Å². The minimum absolute atomic E-state index is 0.631. The van der Waals surface area contributed by atoms with Gasteiger partial charge in [0, 0.05) is 33.0 Å². The molecule has 11 aromatic rings. The summed E-state index contributed by atoms with van der Waals surface area (Å²) in [5.74, 6) is 1.91. The Morgan fingerprint density at radius 3 is 1.54 bits per heavy atom. The monoisotopic (exact) mass is 726 g/mol. The predicted molar refractivity (Wildman–Crippen MR) is 236 cm³/mol. The summed E-state index contributed by atoms with van der Waals surface area (Å²) in [4.78, 5) is 15.1. The van der Waals surface area contributed by atoms with Gasteiger partial charge in [-0.25, -0.2) is 15.0 Å². The average molecular weight is 727 g/mol. The molecule has 0 unspecified atom stereocenters. The number of rotatable bonds is 6. The number of benzene rings is 9. The fourth-order valence-electron chi connectivity index (χ4n) is 8.24. The van der Waals surface area contributed by atoms with Crippen molar-refractivity contribution >= 4 is 43.4 Å². The highest BCUT2D eigenvalue weighted by molar-refractivity contribution is 6.21. The third-order valence-corrected chi connectivity index (χ3v) is 11.1. The van der Waals surface area contributed by atoms with Crippen molar-refractivity contribution in [2.75, 3.05) is 0 Å². The molecule has 0 spiro atoms. The number of hydrogen-bond donors (Lipinski definition) is 0. The van der Waals surface area contributed by atoms with E-state index in [1.165, 1.54) is 48.9 Å². The largest absolute Gasteiger partial charge is 0.309 e. The SMILES string of the molecule is c1ccc(-c2nc(-c3ccc(-c4ccc5ccccc5c4)cc3)nc(-c3ccc(-c4ccccc4-n4c5ccccc5c5c6ccccc6ccc54)cc3)n2)cc1. The van der Waals surface area contributed by atoms with Crippen molar-refractivity contribution in [2.24, 2.45) is 0 Å². The van der Waals surface area contributed by atoms with Crippen LogP contribution < -0.4 is 0 Å². The standard InChI is InChI=1S/C53H34N4/c1-2-14-39(15-3-1)51-54-52(40-27-22-36(23-28-40)43-31-24-35-12-4-5-16-42(35)34-43)56-53(55-51)41-29-25-38(26-30-41)44-17-8-10-20-47(44)57-48-21-11-9-19-46(48)50-45-18-7-6-13-37(45)32-33-49(50)57/h1-34H. The molecular formula is C53H34N4. The van der Waals surface area contributed by atoms with Crippen LogP contribution in [0.2, 0.25) is 0 Å². The first-order chi connectivity index (χ1) is 28.2. The maximum atomic E-state index is 5.07. The average Bonchev–Trinajstić information content (AvgIpc) is 3.64. The zero-order valence-electron chi connectivity index (χ0n) is 30.9. The molecule has 57 heavy (non-hydrogen) atoms. The highest BCUT2D eigenvalue weighted by Gasteiger charge is 2.18. The second-order valence-electron chi connectivity index (χ2n) is 14.4. The Morgan fingerprint density at radius 2 is 0.807 bits per heavy atom. The molecular weight excluding hydrogens is 693 g/mol. The summed E-state index contributed by atoms with van der Waals surface area (Å²) in [6, 6.07) is 72.9. The first-order valence-corrected chi connectivity index (χ1v) is 19.3. The van der Waals surface area contributed by atoms with E-state index in [1.54, 1.807) is 0 Å². The molecule has 0 bridgehead atoms. The molecule has 2 aromatic heterocycles. The summed E-state index contributed by atoms with van der Waals surface area (Å²) in [6.45, 7) is 0. The van der Waals surface area contributed by atoms with Gasteiger partial charge in [-0.1, -0.05) is 182 Å². The van der Waals surface area contributed by atoms with Gasteiger partial charge in [-0.3, -0.25) is 0 Å². The lowest BCUT2D eigenvalue weighted by atomic mass is 10.00. The lowest BCUT2D eigenvalue weighted by Gasteiger charge is -2.15. The van der Waals surface area contributed by atoms with Crippen LogP contribution in [-0.4, -0.2) is 19.5 Å². The van der Waals surface area contributed by atoms with E-state index in [4.69, 9.17) is 15.0 Å². The van der Waals surface area contributed by atoms with Gasteiger partial charge in [0.2, 0.25) is 0 Å². The number of nitrogens with zero attached hydrogens (tertiary/aromatic N) is 4. The van der Waals surface area contributed by atoms with E-state index < -0.39 is 0 Å². The van der Waals surface area contributed by atoms with Crippen molar-refractivity contribution in [3.8, 4) is 62.1 Å². The predicted octanol–water partition coefficient (Wildman–Crippen LogP) is 13.6. The Hall–Kier alpha value is -7.69. The third kappa shape index (κ3) is 5.74. The summed E-state index contributed by atoms with van der Waals surface area (Å²) in [5, 5.41) is 7.49. The molecule has 0 radical (unpaired) electrons. The van der Waals surface area contributed by atoms with Crippen molar-refractivity contribution < 1.29 is 0 Å². The van der Waals surface area contributed by atoms with E-state index >= 15 is 0 Å². The van der Waals surface area contributed by atoms with E-state index in [1.807, 2.05) is 30.3 Å². The molecule has 0 aliphatic heterocycles. The number of aromatic nitrogens is 4. The molecule has 0 N–H and O–H groups in total. The lowest BCUT2D eigenvalue weighted by Crippen LogP contribution is -2.00. The van der Waals surface area contributed by atoms with Crippen molar-refractivity contribution in [1.29, 1.82) is 0 Å². The zero-order chi connectivity index (χ0) is 37.7. The third-order valence-electron chi connectivity index (χ3n) is 11.1. The quantitative estimate of drug-likeness (QED) is 0.171. The van der Waals surface area contributed by atoms with E-state index in [9.17, 15) is 0 Å². The molecule has 4 nitrogen and oxygen atoms in total. The minimum Gasteiger partial charge on any atom is -0.309 e. The molecule has 0 aliphatic rings. The highest BCUT2D eigenvalue weighted by Crippen LogP contribution is 2.39. The molecule has 4 heteroatoms. The van der Waals surface area contributed by atoms with Crippen LogP contribution in [0.3, 0.4) is 0 Å². The van der Waals surface area contributed by atoms with Crippen LogP contribution in [-0.2, 0) is 0 Å². The van der Waals surface area contributed by atoms with Gasteiger partial charge in [0.15, 0.2) is 17.5 Å². The second kappa shape index (κ2) is 13.6. The van der Waals surface area contributed by atoms with E-state index in [2.05, 4.69) is 180 Å². The molecule has 0 atom stereocenters. The lowest BCUT2D eigenvalue weighted by molar-refractivity contribution is 1.07. The smallest absolute Gasteiger partial charge is 0.164 e. The van der Waals surface area contributed by atoms with Gasteiger partial charge < -0.3 is 4.57 Å². The Labute approximate surface area is 330 Å². The van der Waals surface area contributed by atoms with Crippen LogP contribution >= 0.6 is 0 Å². The maximum absolute atomic E-state index is 5.07. The van der Waals surface area contributed by atoms with Gasteiger partial charge in [-0.05, 0) is 62.5 Å². The molecule has 0 saturated carbocycles. The summed E-state index contributed by atoms with van der Waals surface area (Å²) < 4.78 is 2.41. The van der Waals surface area contributed by atoms with Crippen molar-refractivity contribution in [2.45, 2.75) is 0 Å². The fraction of sp³-hybridized carbons (Fsp3) is 0. The van der Waals surface area contributed by atoms with Crippen LogP contribution in [0.4, 0.5) is 0 Å². The maximum Gasteiger partial charge on any atom is 0.164 e. The molecule has 0 amide bonds. The van der Waals surface area contributed by atoms with Gasteiger partial charge >= 0.3 is 0 Å². The first-order valence-electron chi connectivity index (χ1n) is 19.3. The zero-order valence-corrected chi connectivity index (χ0v) is 30.9. The van der Waals surface area contributed by atoms with Crippen LogP contribution in [0.5, 0.6) is 0 Å². The van der Waals surface area contributed by atoms with Crippen LogP contribution in [0, 0.1) is 0 Å². The van der Waals surface area contributed by atoms with Crippen LogP contribution in [0.15, 0.2) is 206 Å². The summed E-state index contributed by atoms with van der Waals surface area (Å²) >= 11 is 0. The fourth-order valence-corrected chi connectivity index (χ4v) is 8.24. The molecule has 0 fully saturated rings. The van der Waals surface area contributed by atoms with Crippen molar-refractivity contribution in [3.63, 3.8) is 0 Å². The summed E-state index contributed by atoms with van der Waals surface area (Å²) in [6.07, 6.45) is 0. The molecule has 9 aromatic carbocycles. The summed E-state index contributed by atoms with van der Waals surface area (Å²) in [5.41, 5.74) is 10.9. The number of fused-ring (bicyclic) bond motifs is 6. The Balaban J connectivity index is 0.989.